The summed E-state index contributed by atoms with van der Waals surface area (Å²) in [5.41, 5.74) is 5.83. The lowest BCUT2D eigenvalue weighted by molar-refractivity contribution is 0.104. The molecule has 5 heteroatoms. The van der Waals surface area contributed by atoms with Gasteiger partial charge in [0.25, 0.3) is 0 Å². The molecule has 1 fully saturated rings. The van der Waals surface area contributed by atoms with Crippen LogP contribution in [0.5, 0.6) is 0 Å². The summed E-state index contributed by atoms with van der Waals surface area (Å²) in [6.07, 6.45) is 3.20. The van der Waals surface area contributed by atoms with Crippen LogP contribution in [0.1, 0.15) is 38.5 Å². The van der Waals surface area contributed by atoms with Crippen LogP contribution in [0.3, 0.4) is 0 Å². The molecule has 2 rings (SSSR count). The van der Waals surface area contributed by atoms with Crippen molar-refractivity contribution < 1.29 is 4.42 Å². The van der Waals surface area contributed by atoms with E-state index >= 15 is 0 Å². The van der Waals surface area contributed by atoms with Crippen LogP contribution in [-0.4, -0.2) is 34.2 Å². The quantitative estimate of drug-likeness (QED) is 0.853. The van der Waals surface area contributed by atoms with Crippen LogP contribution in [0.15, 0.2) is 4.42 Å². The van der Waals surface area contributed by atoms with Gasteiger partial charge < -0.3 is 10.2 Å². The SMILES string of the molecule is CCc1nnc(CN2CCC(C)CC2CN)o1. The zero-order valence-corrected chi connectivity index (χ0v) is 10.7. The average molecular weight is 238 g/mol. The van der Waals surface area contributed by atoms with E-state index in [2.05, 4.69) is 22.0 Å². The van der Waals surface area contributed by atoms with Crippen molar-refractivity contribution in [3.8, 4) is 0 Å². The summed E-state index contributed by atoms with van der Waals surface area (Å²) in [5, 5.41) is 8.06. The van der Waals surface area contributed by atoms with E-state index in [-0.39, 0.29) is 0 Å². The van der Waals surface area contributed by atoms with Crippen LogP contribution in [0.25, 0.3) is 0 Å². The summed E-state index contributed by atoms with van der Waals surface area (Å²) in [6.45, 7) is 6.83. The second-order valence-electron chi connectivity index (χ2n) is 4.93. The summed E-state index contributed by atoms with van der Waals surface area (Å²) >= 11 is 0. The van der Waals surface area contributed by atoms with E-state index in [0.717, 1.165) is 37.2 Å². The Morgan fingerprint density at radius 2 is 2.18 bits per heavy atom. The van der Waals surface area contributed by atoms with Gasteiger partial charge in [0, 0.05) is 19.0 Å². The molecule has 0 saturated carbocycles. The van der Waals surface area contributed by atoms with Gasteiger partial charge in [-0.25, -0.2) is 0 Å². The highest BCUT2D eigenvalue weighted by molar-refractivity contribution is 4.86. The molecule has 0 bridgehead atoms. The third-order valence-electron chi connectivity index (χ3n) is 3.52. The van der Waals surface area contributed by atoms with Gasteiger partial charge in [-0.3, -0.25) is 4.90 Å². The average Bonchev–Trinajstić information content (AvgIpc) is 2.79. The Bertz CT molecular complexity index is 352. The van der Waals surface area contributed by atoms with Gasteiger partial charge in [-0.2, -0.15) is 0 Å². The van der Waals surface area contributed by atoms with Crippen molar-refractivity contribution in [3.05, 3.63) is 11.8 Å². The first-order chi connectivity index (χ1) is 8.22. The Labute approximate surface area is 102 Å². The van der Waals surface area contributed by atoms with E-state index in [4.69, 9.17) is 10.2 Å². The minimum absolute atomic E-state index is 0.454. The van der Waals surface area contributed by atoms with Crippen LogP contribution < -0.4 is 5.73 Å². The molecule has 2 unspecified atom stereocenters. The van der Waals surface area contributed by atoms with Crippen LogP contribution in [0.2, 0.25) is 0 Å². The van der Waals surface area contributed by atoms with Gasteiger partial charge in [0.15, 0.2) is 0 Å². The lowest BCUT2D eigenvalue weighted by Gasteiger charge is -2.36. The maximum Gasteiger partial charge on any atom is 0.230 e. The molecular weight excluding hydrogens is 216 g/mol. The molecule has 0 aromatic carbocycles. The normalized spacial score (nSPS) is 26.3. The van der Waals surface area contributed by atoms with Gasteiger partial charge in [0.1, 0.15) is 0 Å². The summed E-state index contributed by atoms with van der Waals surface area (Å²) in [4.78, 5) is 2.37. The molecule has 2 N–H and O–H groups in total. The summed E-state index contributed by atoms with van der Waals surface area (Å²) in [7, 11) is 0. The Morgan fingerprint density at radius 1 is 1.41 bits per heavy atom. The number of piperidine rings is 1. The molecule has 0 spiro atoms. The second kappa shape index (κ2) is 5.60. The topological polar surface area (TPSA) is 68.2 Å². The molecule has 0 aliphatic carbocycles. The first-order valence-corrected chi connectivity index (χ1v) is 6.48. The van der Waals surface area contributed by atoms with E-state index in [1.807, 2.05) is 6.92 Å². The largest absolute Gasteiger partial charge is 0.424 e. The van der Waals surface area contributed by atoms with Gasteiger partial charge in [-0.1, -0.05) is 13.8 Å². The van der Waals surface area contributed by atoms with Crippen molar-refractivity contribution in [1.82, 2.24) is 15.1 Å². The Balaban J connectivity index is 1.97. The zero-order valence-electron chi connectivity index (χ0n) is 10.7. The summed E-state index contributed by atoms with van der Waals surface area (Å²) in [5.74, 6) is 2.21. The summed E-state index contributed by atoms with van der Waals surface area (Å²) in [6, 6.07) is 0.454. The maximum absolute atomic E-state index is 5.83. The minimum Gasteiger partial charge on any atom is -0.424 e. The van der Waals surface area contributed by atoms with E-state index in [0.29, 0.717) is 12.6 Å². The fourth-order valence-electron chi connectivity index (χ4n) is 2.42. The van der Waals surface area contributed by atoms with E-state index in [1.165, 1.54) is 12.8 Å². The number of nitrogens with zero attached hydrogens (tertiary/aromatic N) is 3. The minimum atomic E-state index is 0.454. The lowest BCUT2D eigenvalue weighted by Crippen LogP contribution is -2.45. The first kappa shape index (κ1) is 12.5. The van der Waals surface area contributed by atoms with Gasteiger partial charge >= 0.3 is 0 Å². The van der Waals surface area contributed by atoms with Crippen molar-refractivity contribution in [3.63, 3.8) is 0 Å². The van der Waals surface area contributed by atoms with Gasteiger partial charge in [0.2, 0.25) is 11.8 Å². The molecular formula is C12H22N4O. The summed E-state index contributed by atoms with van der Waals surface area (Å²) < 4.78 is 5.55. The van der Waals surface area contributed by atoms with Crippen LogP contribution in [0.4, 0.5) is 0 Å². The van der Waals surface area contributed by atoms with Gasteiger partial charge in [-0.05, 0) is 25.3 Å². The molecule has 0 radical (unpaired) electrons. The number of nitrogens with two attached hydrogens (primary N) is 1. The fourth-order valence-corrected chi connectivity index (χ4v) is 2.42. The predicted molar refractivity (Wildman–Crippen MR) is 65.3 cm³/mol. The Morgan fingerprint density at radius 3 is 2.82 bits per heavy atom. The van der Waals surface area contributed by atoms with Crippen LogP contribution >= 0.6 is 0 Å². The van der Waals surface area contributed by atoms with Crippen molar-refractivity contribution in [2.24, 2.45) is 11.7 Å². The van der Waals surface area contributed by atoms with Crippen LogP contribution in [0, 0.1) is 5.92 Å². The number of aromatic nitrogens is 2. The number of likely N-dealkylation sites (tertiary alicyclic amines) is 1. The third-order valence-corrected chi connectivity index (χ3v) is 3.52. The Hall–Kier alpha value is -0.940. The van der Waals surface area contributed by atoms with Crippen molar-refractivity contribution >= 4 is 0 Å². The van der Waals surface area contributed by atoms with E-state index in [9.17, 15) is 0 Å². The van der Waals surface area contributed by atoms with Gasteiger partial charge in [0.05, 0.1) is 6.54 Å². The highest BCUT2D eigenvalue weighted by Gasteiger charge is 2.26. The highest BCUT2D eigenvalue weighted by atomic mass is 16.4. The van der Waals surface area contributed by atoms with Crippen molar-refractivity contribution in [1.29, 1.82) is 0 Å². The van der Waals surface area contributed by atoms with E-state index < -0.39 is 0 Å². The number of aryl methyl sites for hydroxylation is 1. The molecule has 2 heterocycles. The second-order valence-corrected chi connectivity index (χ2v) is 4.93. The van der Waals surface area contributed by atoms with Crippen molar-refractivity contribution in [2.75, 3.05) is 13.1 Å². The molecule has 1 aliphatic rings. The van der Waals surface area contributed by atoms with Gasteiger partial charge in [-0.15, -0.1) is 10.2 Å². The molecule has 1 aromatic heterocycles. The van der Waals surface area contributed by atoms with Crippen LogP contribution in [-0.2, 0) is 13.0 Å². The fraction of sp³-hybridized carbons (Fsp3) is 0.833. The highest BCUT2D eigenvalue weighted by Crippen LogP contribution is 2.23. The molecule has 17 heavy (non-hydrogen) atoms. The molecule has 96 valence electrons. The number of hydrogen-bond acceptors (Lipinski definition) is 5. The molecule has 2 atom stereocenters. The Kier molecular flexibility index (Phi) is 4.12. The molecule has 1 saturated heterocycles. The number of hydrogen-bond donors (Lipinski definition) is 1. The molecule has 0 amide bonds. The monoisotopic (exact) mass is 238 g/mol. The maximum atomic E-state index is 5.83. The molecule has 5 nitrogen and oxygen atoms in total. The predicted octanol–water partition coefficient (Wildman–Crippen LogP) is 1.19. The molecule has 1 aliphatic heterocycles. The first-order valence-electron chi connectivity index (χ1n) is 6.48. The lowest BCUT2D eigenvalue weighted by atomic mass is 9.92. The zero-order chi connectivity index (χ0) is 12.3. The number of rotatable bonds is 4. The van der Waals surface area contributed by atoms with E-state index in [1.54, 1.807) is 0 Å². The smallest absolute Gasteiger partial charge is 0.230 e. The molecule has 1 aromatic rings. The standard InChI is InChI=1S/C12H22N4O/c1-3-11-14-15-12(17-11)8-16-5-4-9(2)6-10(16)7-13/h9-10H,3-8,13H2,1-2H3. The third kappa shape index (κ3) is 3.04. The van der Waals surface area contributed by atoms with Crippen molar-refractivity contribution in [2.45, 2.75) is 45.7 Å².